The number of imidazole rings is 1. The van der Waals surface area contributed by atoms with E-state index in [1.807, 2.05) is 17.0 Å². The fraction of sp³-hybridized carbons (Fsp3) is 0.350. The molecule has 0 bridgehead atoms. The number of nitrogens with zero attached hydrogens (tertiary/aromatic N) is 7. The van der Waals surface area contributed by atoms with Gasteiger partial charge in [-0.3, -0.25) is 0 Å². The van der Waals surface area contributed by atoms with Gasteiger partial charge >= 0.3 is 6.09 Å². The molecule has 5 rings (SSSR count). The Bertz CT molecular complexity index is 1290. The van der Waals surface area contributed by atoms with E-state index in [1.165, 1.54) is 12.7 Å². The van der Waals surface area contributed by atoms with E-state index in [2.05, 4.69) is 54.3 Å². The summed E-state index contributed by atoms with van der Waals surface area (Å²) in [5, 5.41) is 7.71. The molecule has 11 nitrogen and oxygen atoms in total. The van der Waals surface area contributed by atoms with Crippen LogP contribution in [0, 0.1) is 6.92 Å². The standard InChI is InChI=1S/C20H22BrN9O2/c1-12-3-4-14-15(9-12)25-16(24-14)11-22-18-27-19(26-17-13(21)10-23-30(17)18)28-5-7-29(8-6-28)20(31)32-2/h3-4,9-10H,5-8,11H2,1-2H3,(H,24,25)(H,22,26,27). The molecule has 32 heavy (non-hydrogen) atoms. The highest BCUT2D eigenvalue weighted by Crippen LogP contribution is 2.23. The molecule has 12 heteroatoms. The van der Waals surface area contributed by atoms with Crippen LogP contribution in [-0.4, -0.2) is 73.8 Å². The molecule has 1 aromatic carbocycles. The van der Waals surface area contributed by atoms with E-state index in [4.69, 9.17) is 9.72 Å². The summed E-state index contributed by atoms with van der Waals surface area (Å²) in [6.07, 6.45) is 1.38. The Labute approximate surface area is 191 Å². The maximum Gasteiger partial charge on any atom is 0.409 e. The highest BCUT2D eigenvalue weighted by Gasteiger charge is 2.24. The molecule has 0 spiro atoms. The number of anilines is 2. The molecule has 4 aromatic rings. The zero-order valence-corrected chi connectivity index (χ0v) is 19.3. The summed E-state index contributed by atoms with van der Waals surface area (Å²) < 4.78 is 7.25. The lowest BCUT2D eigenvalue weighted by Crippen LogP contribution is -2.49. The van der Waals surface area contributed by atoms with Crippen LogP contribution in [0.5, 0.6) is 0 Å². The minimum Gasteiger partial charge on any atom is -0.453 e. The van der Waals surface area contributed by atoms with Gasteiger partial charge in [0.2, 0.25) is 11.9 Å². The predicted molar refractivity (Wildman–Crippen MR) is 123 cm³/mol. The zero-order chi connectivity index (χ0) is 22.2. The maximum atomic E-state index is 11.8. The number of hydrogen-bond acceptors (Lipinski definition) is 8. The van der Waals surface area contributed by atoms with Crippen LogP contribution in [0.3, 0.4) is 0 Å². The monoisotopic (exact) mass is 499 g/mol. The van der Waals surface area contributed by atoms with Gasteiger partial charge in [-0.15, -0.1) is 0 Å². The van der Waals surface area contributed by atoms with Crippen molar-refractivity contribution >= 4 is 50.6 Å². The summed E-state index contributed by atoms with van der Waals surface area (Å²) in [7, 11) is 1.39. The summed E-state index contributed by atoms with van der Waals surface area (Å²) in [6.45, 7) is 4.81. The topological polar surface area (TPSA) is 117 Å². The number of ether oxygens (including phenoxy) is 1. The van der Waals surface area contributed by atoms with Gasteiger partial charge in [-0.05, 0) is 40.5 Å². The molecule has 0 radical (unpaired) electrons. The van der Waals surface area contributed by atoms with Gasteiger partial charge in [-0.25, -0.2) is 9.78 Å². The number of aryl methyl sites for hydroxylation is 1. The smallest absolute Gasteiger partial charge is 0.409 e. The molecule has 1 aliphatic heterocycles. The number of H-pyrrole nitrogens is 1. The molecule has 0 atom stereocenters. The Balaban J connectivity index is 1.39. The Hall–Kier alpha value is -3.41. The lowest BCUT2D eigenvalue weighted by molar-refractivity contribution is 0.121. The molecule has 1 saturated heterocycles. The Morgan fingerprint density at radius 2 is 2.03 bits per heavy atom. The summed E-state index contributed by atoms with van der Waals surface area (Å²) >= 11 is 3.52. The first-order chi connectivity index (χ1) is 15.5. The van der Waals surface area contributed by atoms with Crippen LogP contribution < -0.4 is 10.2 Å². The van der Waals surface area contributed by atoms with Gasteiger partial charge in [-0.1, -0.05) is 6.07 Å². The molecule has 0 saturated carbocycles. The number of hydrogen-bond donors (Lipinski definition) is 2. The predicted octanol–water partition coefficient (Wildman–Crippen LogP) is 2.57. The van der Waals surface area contributed by atoms with Crippen LogP contribution in [0.2, 0.25) is 0 Å². The first-order valence-corrected chi connectivity index (χ1v) is 11.0. The van der Waals surface area contributed by atoms with Gasteiger partial charge in [0.25, 0.3) is 0 Å². The molecule has 0 unspecified atom stereocenters. The molecule has 166 valence electrons. The van der Waals surface area contributed by atoms with E-state index in [-0.39, 0.29) is 6.09 Å². The van der Waals surface area contributed by atoms with Crippen LogP contribution in [0.1, 0.15) is 11.4 Å². The number of methoxy groups -OCH3 is 1. The van der Waals surface area contributed by atoms with E-state index in [9.17, 15) is 4.79 Å². The lowest BCUT2D eigenvalue weighted by Gasteiger charge is -2.33. The number of rotatable bonds is 4. The van der Waals surface area contributed by atoms with Gasteiger partial charge in [0.15, 0.2) is 5.65 Å². The number of halogens is 1. The number of carbonyl (C=O) groups excluding carboxylic acids is 1. The van der Waals surface area contributed by atoms with Crippen LogP contribution in [-0.2, 0) is 11.3 Å². The van der Waals surface area contributed by atoms with Crippen LogP contribution in [0.4, 0.5) is 16.7 Å². The maximum absolute atomic E-state index is 11.8. The van der Waals surface area contributed by atoms with Crippen molar-refractivity contribution in [2.75, 3.05) is 43.5 Å². The SMILES string of the molecule is COC(=O)N1CCN(c2nc(NCc3nc4ccc(C)cc4[nH]3)n3ncc(Br)c3n2)CC1. The second-order valence-electron chi connectivity index (χ2n) is 7.58. The van der Waals surface area contributed by atoms with Crippen LogP contribution in [0.15, 0.2) is 28.9 Å². The van der Waals surface area contributed by atoms with Crippen LogP contribution in [0.25, 0.3) is 16.7 Å². The number of piperazine rings is 1. The lowest BCUT2D eigenvalue weighted by atomic mass is 10.2. The quantitative estimate of drug-likeness (QED) is 0.439. The average Bonchev–Trinajstić information content (AvgIpc) is 3.39. The molecular formula is C20H22BrN9O2. The largest absolute Gasteiger partial charge is 0.453 e. The van der Waals surface area contributed by atoms with Crippen molar-refractivity contribution in [2.45, 2.75) is 13.5 Å². The fourth-order valence-corrected chi connectivity index (χ4v) is 4.08. The molecule has 1 aliphatic rings. The third-order valence-electron chi connectivity index (χ3n) is 5.41. The first kappa shape index (κ1) is 20.5. The minimum absolute atomic E-state index is 0.317. The van der Waals surface area contributed by atoms with Gasteiger partial charge in [-0.2, -0.15) is 19.6 Å². The summed E-state index contributed by atoms with van der Waals surface area (Å²) in [5.41, 5.74) is 3.76. The summed E-state index contributed by atoms with van der Waals surface area (Å²) in [4.78, 5) is 32.9. The number of aromatic nitrogens is 6. The van der Waals surface area contributed by atoms with Crippen molar-refractivity contribution in [1.29, 1.82) is 0 Å². The molecular weight excluding hydrogens is 478 g/mol. The van der Waals surface area contributed by atoms with Crippen molar-refractivity contribution in [1.82, 2.24) is 34.4 Å². The van der Waals surface area contributed by atoms with Gasteiger partial charge in [0.05, 0.1) is 35.4 Å². The van der Waals surface area contributed by atoms with E-state index in [0.717, 1.165) is 21.3 Å². The first-order valence-electron chi connectivity index (χ1n) is 10.2. The van der Waals surface area contributed by atoms with Crippen molar-refractivity contribution in [2.24, 2.45) is 0 Å². The molecule has 0 aliphatic carbocycles. The average molecular weight is 500 g/mol. The Morgan fingerprint density at radius 1 is 1.22 bits per heavy atom. The van der Waals surface area contributed by atoms with Crippen LogP contribution >= 0.6 is 15.9 Å². The van der Waals surface area contributed by atoms with Gasteiger partial charge < -0.3 is 24.8 Å². The number of benzene rings is 1. The molecule has 2 N–H and O–H groups in total. The van der Waals surface area contributed by atoms with Crippen molar-refractivity contribution in [3.8, 4) is 0 Å². The number of carbonyl (C=O) groups is 1. The van der Waals surface area contributed by atoms with Gasteiger partial charge in [0, 0.05) is 26.2 Å². The normalized spacial score (nSPS) is 14.3. The second-order valence-corrected chi connectivity index (χ2v) is 8.43. The number of fused-ring (bicyclic) bond motifs is 2. The summed E-state index contributed by atoms with van der Waals surface area (Å²) in [5.74, 6) is 1.94. The van der Waals surface area contributed by atoms with E-state index < -0.39 is 0 Å². The number of aromatic amines is 1. The highest BCUT2D eigenvalue weighted by molar-refractivity contribution is 9.10. The van der Waals surface area contributed by atoms with Crippen molar-refractivity contribution < 1.29 is 9.53 Å². The Kier molecular flexibility index (Phi) is 5.29. The number of nitrogens with one attached hydrogen (secondary N) is 2. The van der Waals surface area contributed by atoms with E-state index in [0.29, 0.717) is 50.3 Å². The van der Waals surface area contributed by atoms with E-state index in [1.54, 1.807) is 15.6 Å². The minimum atomic E-state index is -0.317. The van der Waals surface area contributed by atoms with Crippen molar-refractivity contribution in [3.63, 3.8) is 0 Å². The van der Waals surface area contributed by atoms with Crippen molar-refractivity contribution in [3.05, 3.63) is 40.3 Å². The molecule has 4 heterocycles. The Morgan fingerprint density at radius 3 is 2.81 bits per heavy atom. The highest BCUT2D eigenvalue weighted by atomic mass is 79.9. The summed E-state index contributed by atoms with van der Waals surface area (Å²) in [6, 6.07) is 6.12. The molecule has 1 amide bonds. The fourth-order valence-electron chi connectivity index (χ4n) is 3.74. The third kappa shape index (κ3) is 3.81. The van der Waals surface area contributed by atoms with Gasteiger partial charge in [0.1, 0.15) is 5.82 Å². The number of amides is 1. The molecule has 3 aromatic heterocycles. The third-order valence-corrected chi connectivity index (χ3v) is 5.97. The second kappa shape index (κ2) is 8.26. The zero-order valence-electron chi connectivity index (χ0n) is 17.7. The van der Waals surface area contributed by atoms with E-state index >= 15 is 0 Å². The molecule has 1 fully saturated rings.